The van der Waals surface area contributed by atoms with Crippen molar-refractivity contribution in [3.8, 4) is 11.1 Å². The molecular weight excluding hydrogens is 388 g/mol. The SMILES string of the molecule is O=C(c1cccc2c(-c3ccccc3CO)cccc12)N1CCCC(c2ncn[nH]2)C1. The maximum atomic E-state index is 13.5. The highest BCUT2D eigenvalue weighted by atomic mass is 16.3. The topological polar surface area (TPSA) is 82.1 Å². The van der Waals surface area contributed by atoms with Crippen molar-refractivity contribution in [2.24, 2.45) is 0 Å². The second-order valence-electron chi connectivity index (χ2n) is 7.98. The molecule has 0 spiro atoms. The van der Waals surface area contributed by atoms with E-state index < -0.39 is 0 Å². The van der Waals surface area contributed by atoms with Gasteiger partial charge >= 0.3 is 0 Å². The van der Waals surface area contributed by atoms with E-state index in [2.05, 4.69) is 15.2 Å². The number of aliphatic hydroxyl groups excluding tert-OH is 1. The average molecular weight is 412 g/mol. The lowest BCUT2D eigenvalue weighted by atomic mass is 9.92. The van der Waals surface area contributed by atoms with Gasteiger partial charge in [0.2, 0.25) is 0 Å². The number of benzene rings is 3. The predicted octanol–water partition coefficient (Wildman–Crippen LogP) is 4.14. The molecule has 31 heavy (non-hydrogen) atoms. The highest BCUT2D eigenvalue weighted by Gasteiger charge is 2.28. The van der Waals surface area contributed by atoms with Crippen molar-refractivity contribution in [2.75, 3.05) is 13.1 Å². The average Bonchev–Trinajstić information content (AvgIpc) is 3.38. The number of piperidine rings is 1. The van der Waals surface area contributed by atoms with Crippen LogP contribution in [0.2, 0.25) is 0 Å². The second-order valence-corrected chi connectivity index (χ2v) is 7.98. The van der Waals surface area contributed by atoms with Crippen LogP contribution in [0, 0.1) is 0 Å². The molecule has 1 aliphatic heterocycles. The van der Waals surface area contributed by atoms with Gasteiger partial charge in [-0.2, -0.15) is 5.10 Å². The first kappa shape index (κ1) is 19.5. The molecule has 1 fully saturated rings. The number of hydrogen-bond donors (Lipinski definition) is 2. The molecule has 1 unspecified atom stereocenters. The molecule has 0 radical (unpaired) electrons. The van der Waals surface area contributed by atoms with Crippen molar-refractivity contribution in [3.05, 3.63) is 83.9 Å². The molecule has 1 saturated heterocycles. The zero-order chi connectivity index (χ0) is 21.2. The number of likely N-dealkylation sites (tertiary alicyclic amines) is 1. The summed E-state index contributed by atoms with van der Waals surface area (Å²) in [5.41, 5.74) is 3.59. The van der Waals surface area contributed by atoms with E-state index in [1.807, 2.05) is 65.6 Å². The summed E-state index contributed by atoms with van der Waals surface area (Å²) < 4.78 is 0. The van der Waals surface area contributed by atoms with Crippen molar-refractivity contribution in [1.82, 2.24) is 20.1 Å². The maximum Gasteiger partial charge on any atom is 0.254 e. The molecule has 0 aliphatic carbocycles. The highest BCUT2D eigenvalue weighted by Crippen LogP contribution is 2.33. The molecule has 0 bridgehead atoms. The fourth-order valence-electron chi connectivity index (χ4n) is 4.62. The van der Waals surface area contributed by atoms with Gasteiger partial charge in [-0.05, 0) is 46.4 Å². The van der Waals surface area contributed by atoms with E-state index in [4.69, 9.17) is 0 Å². The lowest BCUT2D eigenvalue weighted by Crippen LogP contribution is -2.39. The van der Waals surface area contributed by atoms with E-state index in [0.29, 0.717) is 12.1 Å². The quantitative estimate of drug-likeness (QED) is 0.528. The molecule has 3 aromatic carbocycles. The molecule has 0 saturated carbocycles. The Bertz CT molecular complexity index is 1220. The van der Waals surface area contributed by atoms with Crippen molar-refractivity contribution in [1.29, 1.82) is 0 Å². The first-order valence-corrected chi connectivity index (χ1v) is 10.6. The number of carbonyl (C=O) groups excluding carboxylic acids is 1. The molecule has 5 rings (SSSR count). The second kappa shape index (κ2) is 8.32. The number of rotatable bonds is 4. The van der Waals surface area contributed by atoms with E-state index in [9.17, 15) is 9.90 Å². The zero-order valence-electron chi connectivity index (χ0n) is 17.2. The van der Waals surface area contributed by atoms with E-state index in [0.717, 1.165) is 52.7 Å². The Balaban J connectivity index is 1.53. The summed E-state index contributed by atoms with van der Waals surface area (Å²) in [7, 11) is 0. The molecule has 1 aromatic heterocycles. The molecule has 6 nitrogen and oxygen atoms in total. The number of fused-ring (bicyclic) bond motifs is 1. The van der Waals surface area contributed by atoms with Crippen molar-refractivity contribution in [2.45, 2.75) is 25.4 Å². The van der Waals surface area contributed by atoms with Crippen LogP contribution in [0.25, 0.3) is 21.9 Å². The molecule has 1 atom stereocenters. The summed E-state index contributed by atoms with van der Waals surface area (Å²) in [4.78, 5) is 19.8. The van der Waals surface area contributed by atoms with Gasteiger partial charge in [0, 0.05) is 24.6 Å². The minimum Gasteiger partial charge on any atom is -0.392 e. The molecule has 6 heteroatoms. The fourth-order valence-corrected chi connectivity index (χ4v) is 4.62. The largest absolute Gasteiger partial charge is 0.392 e. The summed E-state index contributed by atoms with van der Waals surface area (Å²) in [6, 6.07) is 19.8. The summed E-state index contributed by atoms with van der Waals surface area (Å²) in [5, 5.41) is 18.7. The van der Waals surface area contributed by atoms with Gasteiger partial charge in [-0.15, -0.1) is 0 Å². The van der Waals surface area contributed by atoms with Crippen molar-refractivity contribution >= 4 is 16.7 Å². The summed E-state index contributed by atoms with van der Waals surface area (Å²) in [6.07, 6.45) is 3.46. The van der Waals surface area contributed by atoms with Gasteiger partial charge in [0.05, 0.1) is 6.61 Å². The normalized spacial score (nSPS) is 16.5. The third-order valence-corrected chi connectivity index (χ3v) is 6.16. The molecule has 1 amide bonds. The third-order valence-electron chi connectivity index (χ3n) is 6.16. The van der Waals surface area contributed by atoms with Gasteiger partial charge in [-0.3, -0.25) is 9.89 Å². The van der Waals surface area contributed by atoms with Gasteiger partial charge in [0.25, 0.3) is 5.91 Å². The lowest BCUT2D eigenvalue weighted by Gasteiger charge is -2.32. The number of amides is 1. The molecular formula is C25H24N4O2. The van der Waals surface area contributed by atoms with Crippen LogP contribution in [0.5, 0.6) is 0 Å². The zero-order valence-corrected chi connectivity index (χ0v) is 17.2. The Morgan fingerprint density at radius 2 is 1.84 bits per heavy atom. The number of nitrogens with zero attached hydrogens (tertiary/aromatic N) is 3. The number of aliphatic hydroxyl groups is 1. The Morgan fingerprint density at radius 1 is 1.03 bits per heavy atom. The molecule has 156 valence electrons. The number of carbonyl (C=O) groups is 1. The lowest BCUT2D eigenvalue weighted by molar-refractivity contribution is 0.0706. The van der Waals surface area contributed by atoms with Gasteiger partial charge in [-0.1, -0.05) is 54.6 Å². The van der Waals surface area contributed by atoms with Gasteiger partial charge in [0.1, 0.15) is 12.2 Å². The van der Waals surface area contributed by atoms with E-state index >= 15 is 0 Å². The Labute approximate surface area is 180 Å². The first-order chi connectivity index (χ1) is 15.3. The van der Waals surface area contributed by atoms with Crippen molar-refractivity contribution < 1.29 is 9.90 Å². The summed E-state index contributed by atoms with van der Waals surface area (Å²) >= 11 is 0. The Kier molecular flexibility index (Phi) is 5.22. The summed E-state index contributed by atoms with van der Waals surface area (Å²) in [6.45, 7) is 1.35. The van der Waals surface area contributed by atoms with Crippen LogP contribution < -0.4 is 0 Å². The Hall–Kier alpha value is -3.51. The fraction of sp³-hybridized carbons (Fsp3) is 0.240. The number of H-pyrrole nitrogens is 1. The Morgan fingerprint density at radius 3 is 2.68 bits per heavy atom. The minimum atomic E-state index is -0.0258. The van der Waals surface area contributed by atoms with Crippen LogP contribution in [0.1, 0.15) is 40.5 Å². The molecule has 1 aliphatic rings. The summed E-state index contributed by atoms with van der Waals surface area (Å²) in [5.74, 6) is 1.07. The van der Waals surface area contributed by atoms with Crippen molar-refractivity contribution in [3.63, 3.8) is 0 Å². The monoisotopic (exact) mass is 412 g/mol. The van der Waals surface area contributed by atoms with Gasteiger partial charge in [-0.25, -0.2) is 4.98 Å². The minimum absolute atomic E-state index is 0.0258. The number of aromatic amines is 1. The van der Waals surface area contributed by atoms with Crippen LogP contribution in [-0.2, 0) is 6.61 Å². The molecule has 2 N–H and O–H groups in total. The van der Waals surface area contributed by atoms with Gasteiger partial charge in [0.15, 0.2) is 0 Å². The van der Waals surface area contributed by atoms with Crippen LogP contribution in [-0.4, -0.2) is 44.2 Å². The van der Waals surface area contributed by atoms with E-state index in [1.165, 1.54) is 6.33 Å². The smallest absolute Gasteiger partial charge is 0.254 e. The van der Waals surface area contributed by atoms with E-state index in [-0.39, 0.29) is 18.4 Å². The number of hydrogen-bond acceptors (Lipinski definition) is 4. The molecule has 2 heterocycles. The van der Waals surface area contributed by atoms with Crippen LogP contribution >= 0.6 is 0 Å². The van der Waals surface area contributed by atoms with Crippen LogP contribution in [0.4, 0.5) is 0 Å². The molecule has 4 aromatic rings. The first-order valence-electron chi connectivity index (χ1n) is 10.6. The van der Waals surface area contributed by atoms with Gasteiger partial charge < -0.3 is 10.0 Å². The van der Waals surface area contributed by atoms with Crippen LogP contribution in [0.3, 0.4) is 0 Å². The predicted molar refractivity (Wildman–Crippen MR) is 120 cm³/mol. The van der Waals surface area contributed by atoms with Crippen LogP contribution in [0.15, 0.2) is 67.0 Å². The number of nitrogens with one attached hydrogen (secondary N) is 1. The standard InChI is InChI=1S/C25H24N4O2/c30-15-18-6-1-2-8-19(18)20-9-3-11-22-21(20)10-4-12-23(22)25(31)29-13-5-7-17(14-29)24-26-16-27-28-24/h1-4,6,8-12,16-17,30H,5,7,13-15H2,(H,26,27,28). The maximum absolute atomic E-state index is 13.5. The third kappa shape index (κ3) is 3.59. The number of aromatic nitrogens is 3. The highest BCUT2D eigenvalue weighted by molar-refractivity contribution is 6.10. The van der Waals surface area contributed by atoms with E-state index in [1.54, 1.807) is 0 Å².